The molecule has 1 unspecified atom stereocenters. The van der Waals surface area contributed by atoms with Crippen LogP contribution in [0.1, 0.15) is 61.0 Å². The van der Waals surface area contributed by atoms with Crippen molar-refractivity contribution in [2.45, 2.75) is 31.7 Å². The Morgan fingerprint density at radius 3 is 1.53 bits per heavy atom. The number of nitrogens with zero attached hydrogens (tertiary/aromatic N) is 2. The fourth-order valence-corrected chi connectivity index (χ4v) is 16.8. The van der Waals surface area contributed by atoms with Gasteiger partial charge in [0.15, 0.2) is 0 Å². The summed E-state index contributed by atoms with van der Waals surface area (Å²) in [4.78, 5) is 12.9. The minimum atomic E-state index is -0.687. The lowest BCUT2D eigenvalue weighted by atomic mass is 9.52. The first kappa shape index (κ1) is 42.8. The number of nitrogens with one attached hydrogen (secondary N) is 1. The molecule has 0 saturated carbocycles. The summed E-state index contributed by atoms with van der Waals surface area (Å²) < 4.78 is 2.38. The van der Waals surface area contributed by atoms with Gasteiger partial charge in [-0.3, -0.25) is 0 Å². The lowest BCUT2D eigenvalue weighted by Gasteiger charge is -2.49. The molecule has 12 aromatic rings. The van der Waals surface area contributed by atoms with Crippen molar-refractivity contribution >= 4 is 78.0 Å². The molecule has 8 heteroatoms. The van der Waals surface area contributed by atoms with Gasteiger partial charge in [-0.05, 0) is 139 Å². The lowest BCUT2D eigenvalue weighted by Crippen LogP contribution is -2.43. The Labute approximate surface area is 445 Å². The fourth-order valence-electron chi connectivity index (χ4n) is 12.9. The molecule has 2 aromatic heterocycles. The first-order chi connectivity index (χ1) is 36.5. The largest absolute Gasteiger partial charge is 0.398 e. The van der Waals surface area contributed by atoms with Gasteiger partial charge < -0.3 is 11.1 Å². The highest BCUT2D eigenvalue weighted by Gasteiger charge is 2.59. The SMILES string of the molecule is Nc1ccccc1SCc1ccc2c(c1)C1(c3cc(-c4nc5ccccc5s4)ccc3-2)c2ccccc2C2(c3cc(-c4nc5ccccc5s4)ccc3-c3ccc(C4Nc5ccccc5S4)cc32)c2ccccc21. The smallest absolute Gasteiger partial charge is 0.124 e. The average molecular weight is 1020 g/mol. The van der Waals surface area contributed by atoms with E-state index in [2.05, 4.69) is 212 Å². The molecular formula is C66H42N4S4. The second-order valence-corrected chi connectivity index (χ2v) is 24.0. The summed E-state index contributed by atoms with van der Waals surface area (Å²) in [6, 6.07) is 81.7. The topological polar surface area (TPSA) is 63.8 Å². The van der Waals surface area contributed by atoms with Crippen molar-refractivity contribution in [2.75, 3.05) is 11.1 Å². The van der Waals surface area contributed by atoms with E-state index in [-0.39, 0.29) is 5.37 Å². The predicted octanol–water partition coefficient (Wildman–Crippen LogP) is 17.4. The third-order valence-corrected chi connectivity index (χ3v) is 20.5. The van der Waals surface area contributed by atoms with E-state index in [1.807, 2.05) is 23.9 Å². The van der Waals surface area contributed by atoms with Crippen LogP contribution in [0.15, 0.2) is 228 Å². The molecule has 0 saturated heterocycles. The van der Waals surface area contributed by atoms with E-state index in [1.54, 1.807) is 34.4 Å². The number of hydrogen-bond acceptors (Lipinski definition) is 8. The summed E-state index contributed by atoms with van der Waals surface area (Å²) in [6.45, 7) is 0. The summed E-state index contributed by atoms with van der Waals surface area (Å²) in [5.41, 5.74) is 29.5. The van der Waals surface area contributed by atoms with E-state index in [0.29, 0.717) is 0 Å². The molecule has 16 rings (SSSR count). The van der Waals surface area contributed by atoms with Crippen molar-refractivity contribution in [1.29, 1.82) is 0 Å². The van der Waals surface area contributed by atoms with Gasteiger partial charge in [0, 0.05) is 38.0 Å². The number of nitrogens with two attached hydrogens (primary N) is 1. The van der Waals surface area contributed by atoms with Crippen LogP contribution < -0.4 is 11.1 Å². The lowest BCUT2D eigenvalue weighted by molar-refractivity contribution is 0.632. The maximum absolute atomic E-state index is 6.55. The van der Waals surface area contributed by atoms with Gasteiger partial charge in [-0.1, -0.05) is 169 Å². The molecular weight excluding hydrogens is 977 g/mol. The van der Waals surface area contributed by atoms with Gasteiger partial charge in [-0.15, -0.1) is 34.4 Å². The normalized spacial score (nSPS) is 18.2. The van der Waals surface area contributed by atoms with Gasteiger partial charge >= 0.3 is 0 Å². The molecule has 0 fully saturated rings. The zero-order valence-electron chi connectivity index (χ0n) is 39.7. The van der Waals surface area contributed by atoms with Crippen LogP contribution in [0.25, 0.3) is 63.8 Å². The number of aromatic nitrogens is 2. The highest BCUT2D eigenvalue weighted by atomic mass is 32.2. The van der Waals surface area contributed by atoms with E-state index in [0.717, 1.165) is 48.5 Å². The van der Waals surface area contributed by atoms with Gasteiger partial charge in [0.1, 0.15) is 15.4 Å². The van der Waals surface area contributed by atoms with E-state index < -0.39 is 10.8 Å². The van der Waals surface area contributed by atoms with Gasteiger partial charge in [-0.2, -0.15) is 0 Å². The van der Waals surface area contributed by atoms with Gasteiger partial charge in [-0.25, -0.2) is 9.97 Å². The Morgan fingerprint density at radius 2 is 0.946 bits per heavy atom. The molecule has 3 aliphatic carbocycles. The standard InChI is InChI=1S/C66H42N4S4/c67-54-17-5-9-21-58(54)71-37-38-25-29-42-43-30-26-39(62-68-55-18-6-10-22-59(55)72-62)34-51(43)65(50(42)33-38)46-13-1-3-15-48(46)66(49-16-4-2-14-47(49)65)52-35-40(63-69-56-19-7-11-23-60(56)73-63)27-31-44(52)45-32-28-41(36-53(45)66)64-70-57-20-8-12-24-61(57)74-64/h1-36,63,69H,37,67H2. The number of hydrogen-bond donors (Lipinski definition) is 2. The van der Waals surface area contributed by atoms with Crippen LogP contribution in [0.2, 0.25) is 0 Å². The van der Waals surface area contributed by atoms with Crippen LogP contribution in [-0.4, -0.2) is 9.97 Å². The Bertz CT molecular complexity index is 4200. The van der Waals surface area contributed by atoms with Crippen LogP contribution in [0, 0.1) is 0 Å². The van der Waals surface area contributed by atoms with Crippen molar-refractivity contribution < 1.29 is 0 Å². The second kappa shape index (κ2) is 16.1. The number of rotatable bonds is 6. The Hall–Kier alpha value is -7.72. The molecule has 4 aliphatic rings. The molecule has 0 radical (unpaired) electrons. The second-order valence-electron chi connectivity index (χ2n) is 19.7. The van der Waals surface area contributed by atoms with Crippen LogP contribution in [0.3, 0.4) is 0 Å². The minimum absolute atomic E-state index is 0.0641. The van der Waals surface area contributed by atoms with Crippen molar-refractivity contribution in [1.82, 2.24) is 9.97 Å². The van der Waals surface area contributed by atoms with Crippen molar-refractivity contribution in [2.24, 2.45) is 0 Å². The number of thiazole rings is 2. The van der Waals surface area contributed by atoms with Crippen LogP contribution in [0.4, 0.5) is 11.4 Å². The highest BCUT2D eigenvalue weighted by Crippen LogP contribution is 2.68. The maximum Gasteiger partial charge on any atom is 0.124 e. The molecule has 0 amide bonds. The molecule has 350 valence electrons. The van der Waals surface area contributed by atoms with Gasteiger partial charge in [0.25, 0.3) is 0 Å². The quantitative estimate of drug-likeness (QED) is 0.128. The monoisotopic (exact) mass is 1020 g/mol. The average Bonchev–Trinajstić information content (AvgIpc) is 4.46. The van der Waals surface area contributed by atoms with E-state index in [1.165, 1.54) is 97.9 Å². The number of nitrogen functional groups attached to an aromatic ring is 1. The van der Waals surface area contributed by atoms with Gasteiger partial charge in [0.05, 0.1) is 31.3 Å². The summed E-state index contributed by atoms with van der Waals surface area (Å²) >= 11 is 7.24. The summed E-state index contributed by atoms with van der Waals surface area (Å²) in [6.07, 6.45) is 0. The van der Waals surface area contributed by atoms with Crippen molar-refractivity contribution in [3.05, 3.63) is 274 Å². The minimum Gasteiger partial charge on any atom is -0.398 e. The molecule has 3 heterocycles. The maximum atomic E-state index is 6.55. The summed E-state index contributed by atoms with van der Waals surface area (Å²) in [7, 11) is 0. The first-order valence-electron chi connectivity index (χ1n) is 25.0. The van der Waals surface area contributed by atoms with E-state index in [9.17, 15) is 0 Å². The summed E-state index contributed by atoms with van der Waals surface area (Å²) in [5, 5.41) is 6.02. The van der Waals surface area contributed by atoms with Crippen molar-refractivity contribution in [3.8, 4) is 43.4 Å². The van der Waals surface area contributed by atoms with Gasteiger partial charge in [0.2, 0.25) is 0 Å². The van der Waals surface area contributed by atoms with Crippen LogP contribution >= 0.6 is 46.2 Å². The Balaban J connectivity index is 0.976. The number of para-hydroxylation sites is 4. The molecule has 3 N–H and O–H groups in total. The number of anilines is 2. The zero-order valence-corrected chi connectivity index (χ0v) is 42.9. The first-order valence-corrected chi connectivity index (χ1v) is 28.5. The molecule has 74 heavy (non-hydrogen) atoms. The molecule has 1 aliphatic heterocycles. The molecule has 10 aromatic carbocycles. The van der Waals surface area contributed by atoms with E-state index >= 15 is 0 Å². The number of fused-ring (bicyclic) bond motifs is 19. The molecule has 4 nitrogen and oxygen atoms in total. The third kappa shape index (κ3) is 5.99. The third-order valence-electron chi connectivity index (χ3n) is 15.9. The number of thioether (sulfide) groups is 2. The molecule has 0 bridgehead atoms. The molecule has 2 spiro atoms. The predicted molar refractivity (Wildman–Crippen MR) is 311 cm³/mol. The highest BCUT2D eigenvalue weighted by molar-refractivity contribution is 8.00. The van der Waals surface area contributed by atoms with Crippen LogP contribution in [0.5, 0.6) is 0 Å². The Morgan fingerprint density at radius 1 is 0.459 bits per heavy atom. The fraction of sp³-hybridized carbons (Fsp3) is 0.0606. The zero-order chi connectivity index (χ0) is 48.7. The summed E-state index contributed by atoms with van der Waals surface area (Å²) in [5.74, 6) is 0.785. The molecule has 1 atom stereocenters. The van der Waals surface area contributed by atoms with Crippen LogP contribution in [-0.2, 0) is 16.6 Å². The van der Waals surface area contributed by atoms with E-state index in [4.69, 9.17) is 15.7 Å². The number of benzene rings is 10. The van der Waals surface area contributed by atoms with Crippen molar-refractivity contribution in [3.63, 3.8) is 0 Å². The Kier molecular flexibility index (Phi) is 9.32.